The van der Waals surface area contributed by atoms with Crippen molar-refractivity contribution >= 4 is 23.1 Å². The van der Waals surface area contributed by atoms with Crippen molar-refractivity contribution in [2.45, 2.75) is 12.3 Å². The van der Waals surface area contributed by atoms with E-state index in [1.807, 2.05) is 42.5 Å². The third-order valence-corrected chi connectivity index (χ3v) is 6.19. The van der Waals surface area contributed by atoms with Crippen molar-refractivity contribution in [1.82, 2.24) is 4.90 Å². The zero-order valence-electron chi connectivity index (χ0n) is 18.1. The van der Waals surface area contributed by atoms with Gasteiger partial charge in [-0.25, -0.2) is 0 Å². The summed E-state index contributed by atoms with van der Waals surface area (Å²) in [5.74, 6) is -1.76. The van der Waals surface area contributed by atoms with E-state index in [1.54, 1.807) is 6.08 Å². The Balaban J connectivity index is 1.50. The Hall–Kier alpha value is -3.12. The highest BCUT2D eigenvalue weighted by molar-refractivity contribution is 6.07. The maximum atomic E-state index is 12.8. The molecule has 4 rings (SSSR count). The first-order chi connectivity index (χ1) is 15.0. The maximum Gasteiger partial charge on any atom is 0.317 e. The van der Waals surface area contributed by atoms with E-state index in [1.165, 1.54) is 12.8 Å². The van der Waals surface area contributed by atoms with Crippen molar-refractivity contribution in [1.29, 1.82) is 0 Å². The minimum Gasteiger partial charge on any atom is -0.468 e. The van der Waals surface area contributed by atoms with Crippen LogP contribution in [0.3, 0.4) is 0 Å². The van der Waals surface area contributed by atoms with Crippen molar-refractivity contribution in [3.8, 4) is 0 Å². The first kappa shape index (κ1) is 21.1. The molecule has 0 aromatic heterocycles. The van der Waals surface area contributed by atoms with Crippen molar-refractivity contribution < 1.29 is 14.3 Å². The molecule has 1 aliphatic carbocycles. The number of carbonyl (C=O) groups excluding carboxylic acids is 2. The second-order valence-corrected chi connectivity index (χ2v) is 8.26. The fourth-order valence-electron chi connectivity index (χ4n) is 4.38. The summed E-state index contributed by atoms with van der Waals surface area (Å²) in [5.41, 5.74) is 3.91. The molecule has 0 bridgehead atoms. The largest absolute Gasteiger partial charge is 0.468 e. The van der Waals surface area contributed by atoms with Gasteiger partial charge in [-0.15, -0.1) is 0 Å². The number of nitrogens with one attached hydrogen (secondary N) is 1. The number of esters is 1. The summed E-state index contributed by atoms with van der Waals surface area (Å²) in [6.45, 7) is 4.18. The molecule has 2 unspecified atom stereocenters. The lowest BCUT2D eigenvalue weighted by Crippen LogP contribution is -2.44. The Morgan fingerprint density at radius 2 is 1.68 bits per heavy atom. The molecule has 2 aromatic rings. The minimum absolute atomic E-state index is 0.219. The molecule has 6 heteroatoms. The van der Waals surface area contributed by atoms with Crippen LogP contribution in [0.5, 0.6) is 0 Å². The average molecular weight is 420 g/mol. The smallest absolute Gasteiger partial charge is 0.317 e. The van der Waals surface area contributed by atoms with Gasteiger partial charge in [0.2, 0.25) is 0 Å². The summed E-state index contributed by atoms with van der Waals surface area (Å²) in [4.78, 5) is 29.9. The molecule has 31 heavy (non-hydrogen) atoms. The molecule has 0 saturated carbocycles. The van der Waals surface area contributed by atoms with Gasteiger partial charge in [0.1, 0.15) is 5.92 Å². The predicted octanol–water partition coefficient (Wildman–Crippen LogP) is 3.28. The van der Waals surface area contributed by atoms with Gasteiger partial charge in [0.15, 0.2) is 5.78 Å². The van der Waals surface area contributed by atoms with Crippen LogP contribution in [-0.4, -0.2) is 57.0 Å². The lowest BCUT2D eigenvalue weighted by Gasteiger charge is -2.34. The van der Waals surface area contributed by atoms with Gasteiger partial charge in [-0.2, -0.15) is 0 Å². The minimum atomic E-state index is -0.808. The molecule has 0 radical (unpaired) electrons. The zero-order chi connectivity index (χ0) is 21.8. The molecule has 162 valence electrons. The highest BCUT2D eigenvalue weighted by Crippen LogP contribution is 2.37. The Bertz CT molecular complexity index is 948. The molecular formula is C25H29N3O3. The number of methoxy groups -OCH3 is 1. The van der Waals surface area contributed by atoms with Crippen LogP contribution >= 0.6 is 0 Å². The Kier molecular flexibility index (Phi) is 6.37. The van der Waals surface area contributed by atoms with Gasteiger partial charge in [0.05, 0.1) is 7.11 Å². The van der Waals surface area contributed by atoms with E-state index >= 15 is 0 Å². The molecule has 1 N–H and O–H groups in total. The Morgan fingerprint density at radius 1 is 1.00 bits per heavy atom. The third-order valence-electron chi connectivity index (χ3n) is 6.19. The van der Waals surface area contributed by atoms with Crippen LogP contribution in [0.4, 0.5) is 11.4 Å². The highest BCUT2D eigenvalue weighted by Gasteiger charge is 2.39. The van der Waals surface area contributed by atoms with Crippen LogP contribution in [0, 0.1) is 5.92 Å². The van der Waals surface area contributed by atoms with E-state index in [2.05, 4.69) is 34.3 Å². The lowest BCUT2D eigenvalue weighted by atomic mass is 9.76. The van der Waals surface area contributed by atoms with Crippen LogP contribution in [0.25, 0.3) is 0 Å². The van der Waals surface area contributed by atoms with Gasteiger partial charge in [-0.1, -0.05) is 30.3 Å². The summed E-state index contributed by atoms with van der Waals surface area (Å²) >= 11 is 0. The Labute approximate surface area is 183 Å². The number of allylic oxidation sites excluding steroid dienone is 2. The van der Waals surface area contributed by atoms with Crippen molar-refractivity contribution in [2.75, 3.05) is 50.6 Å². The predicted molar refractivity (Wildman–Crippen MR) is 122 cm³/mol. The van der Waals surface area contributed by atoms with Gasteiger partial charge < -0.3 is 19.9 Å². The molecule has 1 saturated heterocycles. The normalized spacial score (nSPS) is 22.1. The van der Waals surface area contributed by atoms with Crippen LogP contribution in [-0.2, 0) is 14.3 Å². The number of nitrogens with zero attached hydrogens (tertiary/aromatic N) is 2. The molecule has 2 atom stereocenters. The number of piperazine rings is 1. The number of hydrogen-bond acceptors (Lipinski definition) is 6. The lowest BCUT2D eigenvalue weighted by molar-refractivity contribution is -0.149. The topological polar surface area (TPSA) is 61.9 Å². The molecule has 6 nitrogen and oxygen atoms in total. The van der Waals surface area contributed by atoms with Gasteiger partial charge in [0.25, 0.3) is 0 Å². The molecule has 0 amide bonds. The van der Waals surface area contributed by atoms with E-state index in [0.717, 1.165) is 43.1 Å². The second kappa shape index (κ2) is 9.35. The number of rotatable bonds is 5. The van der Waals surface area contributed by atoms with Crippen LogP contribution in [0.15, 0.2) is 66.4 Å². The summed E-state index contributed by atoms with van der Waals surface area (Å²) in [6, 6.07) is 18.0. The standard InChI is InChI=1S/C25H29N3O3/c1-27-12-14-28(15-13-27)21-10-8-19(9-11-21)26-20-16-22(18-6-4-3-5-7-18)24(23(29)17-20)25(30)31-2/h3-11,17,22,24,26H,12-16H2,1-2H3. The summed E-state index contributed by atoms with van der Waals surface area (Å²) in [5, 5.41) is 3.39. The van der Waals surface area contributed by atoms with Crippen molar-refractivity contribution in [3.63, 3.8) is 0 Å². The summed E-state index contributed by atoms with van der Waals surface area (Å²) in [6.07, 6.45) is 2.12. The van der Waals surface area contributed by atoms with Gasteiger partial charge in [0, 0.05) is 55.2 Å². The maximum absolute atomic E-state index is 12.8. The molecular weight excluding hydrogens is 390 g/mol. The molecule has 0 spiro atoms. The van der Waals surface area contributed by atoms with Crippen LogP contribution < -0.4 is 10.2 Å². The van der Waals surface area contributed by atoms with E-state index < -0.39 is 11.9 Å². The average Bonchev–Trinajstić information content (AvgIpc) is 2.80. The molecule has 2 aromatic carbocycles. The van der Waals surface area contributed by atoms with Crippen LogP contribution in [0.1, 0.15) is 17.9 Å². The number of carbonyl (C=O) groups is 2. The molecule has 1 fully saturated rings. The number of anilines is 2. The zero-order valence-corrected chi connectivity index (χ0v) is 18.1. The number of ether oxygens (including phenoxy) is 1. The fourth-order valence-corrected chi connectivity index (χ4v) is 4.38. The third kappa shape index (κ3) is 4.80. The summed E-state index contributed by atoms with van der Waals surface area (Å²) in [7, 11) is 3.48. The van der Waals surface area contributed by atoms with Gasteiger partial charge in [-0.3, -0.25) is 9.59 Å². The molecule has 2 aliphatic rings. The first-order valence-electron chi connectivity index (χ1n) is 10.7. The second-order valence-electron chi connectivity index (χ2n) is 8.26. The summed E-state index contributed by atoms with van der Waals surface area (Å²) < 4.78 is 4.93. The first-order valence-corrected chi connectivity index (χ1v) is 10.7. The van der Waals surface area contributed by atoms with Crippen molar-refractivity contribution in [2.24, 2.45) is 5.92 Å². The SMILES string of the molecule is COC(=O)C1C(=O)C=C(Nc2ccc(N3CCN(C)CC3)cc2)CC1c1ccccc1. The van der Waals surface area contributed by atoms with E-state index in [0.29, 0.717) is 6.42 Å². The monoisotopic (exact) mass is 419 g/mol. The molecule has 1 aliphatic heterocycles. The Morgan fingerprint density at radius 3 is 2.32 bits per heavy atom. The van der Waals surface area contributed by atoms with E-state index in [-0.39, 0.29) is 11.7 Å². The van der Waals surface area contributed by atoms with Gasteiger partial charge in [-0.05, 0) is 43.3 Å². The number of ketones is 1. The van der Waals surface area contributed by atoms with Gasteiger partial charge >= 0.3 is 5.97 Å². The fraction of sp³-hybridized carbons (Fsp3) is 0.360. The van der Waals surface area contributed by atoms with Crippen molar-refractivity contribution in [3.05, 3.63) is 71.9 Å². The van der Waals surface area contributed by atoms with E-state index in [9.17, 15) is 9.59 Å². The van der Waals surface area contributed by atoms with E-state index in [4.69, 9.17) is 4.74 Å². The quantitative estimate of drug-likeness (QED) is 0.593. The number of benzene rings is 2. The number of hydrogen-bond donors (Lipinski definition) is 1. The molecule has 1 heterocycles. The highest BCUT2D eigenvalue weighted by atomic mass is 16.5. The van der Waals surface area contributed by atoms with Crippen LogP contribution in [0.2, 0.25) is 0 Å². The number of likely N-dealkylation sites (N-methyl/N-ethyl adjacent to an activating group) is 1.